The molecule has 0 saturated heterocycles. The number of hydrogen-bond donors (Lipinski definition) is 2. The second kappa shape index (κ2) is 5.77. The predicted molar refractivity (Wildman–Crippen MR) is 49.6 cm³/mol. The van der Waals surface area contributed by atoms with Gasteiger partial charge in [0.15, 0.2) is 0 Å². The minimum Gasteiger partial charge on any atom is -0.391 e. The van der Waals surface area contributed by atoms with Crippen LogP contribution in [0.4, 0.5) is 0 Å². The quantitative estimate of drug-likeness (QED) is 0.467. The van der Waals surface area contributed by atoms with Crippen molar-refractivity contribution < 1.29 is 0 Å². The Morgan fingerprint density at radius 1 is 1.73 bits per heavy atom. The van der Waals surface area contributed by atoms with Crippen LogP contribution in [0, 0.1) is 0 Å². The molecule has 0 saturated carbocycles. The fourth-order valence-electron chi connectivity index (χ4n) is 0.630. The van der Waals surface area contributed by atoms with Gasteiger partial charge in [0.2, 0.25) is 0 Å². The van der Waals surface area contributed by atoms with Gasteiger partial charge in [0.05, 0.1) is 12.4 Å². The molecule has 0 aliphatic rings. The zero-order valence-electron chi connectivity index (χ0n) is 7.46. The average Bonchev–Trinajstić information content (AvgIpc) is 2.00. The molecule has 64 valence electrons. The molecule has 0 fully saturated rings. The molecule has 0 aromatic carbocycles. The summed E-state index contributed by atoms with van der Waals surface area (Å²) in [6, 6.07) is 0.180. The van der Waals surface area contributed by atoms with Gasteiger partial charge in [0, 0.05) is 6.54 Å². The van der Waals surface area contributed by atoms with Crippen LogP contribution in [0.5, 0.6) is 0 Å². The Morgan fingerprint density at radius 3 is 2.82 bits per heavy atom. The first-order chi connectivity index (χ1) is 5.22. The Bertz CT molecular complexity index is 149. The van der Waals surface area contributed by atoms with E-state index in [-0.39, 0.29) is 6.04 Å². The van der Waals surface area contributed by atoms with Crippen LogP contribution in [0.1, 0.15) is 20.8 Å². The highest BCUT2D eigenvalue weighted by Gasteiger charge is 1.97. The lowest BCUT2D eigenvalue weighted by Crippen LogP contribution is -2.09. The molecule has 0 amide bonds. The van der Waals surface area contributed by atoms with Crippen molar-refractivity contribution in [3.63, 3.8) is 0 Å². The molecule has 0 bridgehead atoms. The first kappa shape index (κ1) is 10.0. The molecular weight excluding hydrogens is 138 g/mol. The second-order valence-corrected chi connectivity index (χ2v) is 2.42. The minimum atomic E-state index is 0.180. The Hall–Kier alpha value is -0.990. The first-order valence-corrected chi connectivity index (χ1v) is 3.85. The standard InChI is InChI=1S/C8H17N3/c1-4-10-5-7(2)8(3)11-6-9/h5-6,8,10H,4H2,1-3H3,(H2,9,11)/b7-5+. The summed E-state index contributed by atoms with van der Waals surface area (Å²) in [5.74, 6) is 0. The van der Waals surface area contributed by atoms with Crippen molar-refractivity contribution in [2.45, 2.75) is 26.8 Å². The first-order valence-electron chi connectivity index (χ1n) is 3.85. The maximum atomic E-state index is 5.16. The van der Waals surface area contributed by atoms with Gasteiger partial charge in [-0.15, -0.1) is 0 Å². The summed E-state index contributed by atoms with van der Waals surface area (Å²) in [4.78, 5) is 4.02. The van der Waals surface area contributed by atoms with Gasteiger partial charge in [-0.2, -0.15) is 0 Å². The minimum absolute atomic E-state index is 0.180. The van der Waals surface area contributed by atoms with Crippen LogP contribution in [-0.2, 0) is 0 Å². The third-order valence-corrected chi connectivity index (χ3v) is 1.50. The van der Waals surface area contributed by atoms with Crippen molar-refractivity contribution in [2.24, 2.45) is 10.7 Å². The highest BCUT2D eigenvalue weighted by molar-refractivity contribution is 5.52. The molecule has 0 radical (unpaired) electrons. The van der Waals surface area contributed by atoms with Gasteiger partial charge in [-0.05, 0) is 32.5 Å². The molecule has 0 aromatic rings. The lowest BCUT2D eigenvalue weighted by Gasteiger charge is -2.05. The Labute approximate surface area is 68.4 Å². The zero-order chi connectivity index (χ0) is 8.69. The number of nitrogens with two attached hydrogens (primary N) is 1. The number of aliphatic imine (C=N–C) groups is 1. The van der Waals surface area contributed by atoms with E-state index in [4.69, 9.17) is 5.73 Å². The lowest BCUT2D eigenvalue weighted by molar-refractivity contribution is 0.826. The highest BCUT2D eigenvalue weighted by Crippen LogP contribution is 2.01. The van der Waals surface area contributed by atoms with Gasteiger partial charge in [0.25, 0.3) is 0 Å². The number of nitrogens with one attached hydrogen (secondary N) is 1. The van der Waals surface area contributed by atoms with Crippen LogP contribution < -0.4 is 11.1 Å². The van der Waals surface area contributed by atoms with E-state index in [0.29, 0.717) is 0 Å². The van der Waals surface area contributed by atoms with Crippen LogP contribution in [-0.4, -0.2) is 18.9 Å². The summed E-state index contributed by atoms with van der Waals surface area (Å²) in [6.45, 7) is 7.03. The van der Waals surface area contributed by atoms with Crippen LogP contribution in [0.2, 0.25) is 0 Å². The van der Waals surface area contributed by atoms with Gasteiger partial charge in [-0.1, -0.05) is 0 Å². The Morgan fingerprint density at radius 2 is 2.36 bits per heavy atom. The third kappa shape index (κ3) is 4.42. The molecule has 3 N–H and O–H groups in total. The number of nitrogens with zero attached hydrogens (tertiary/aromatic N) is 1. The smallest absolute Gasteiger partial charge is 0.0805 e. The van der Waals surface area contributed by atoms with E-state index in [1.807, 2.05) is 20.0 Å². The van der Waals surface area contributed by atoms with Crippen molar-refractivity contribution in [1.29, 1.82) is 0 Å². The van der Waals surface area contributed by atoms with E-state index in [9.17, 15) is 0 Å². The molecule has 3 heteroatoms. The zero-order valence-corrected chi connectivity index (χ0v) is 7.46. The summed E-state index contributed by atoms with van der Waals surface area (Å²) >= 11 is 0. The van der Waals surface area contributed by atoms with Gasteiger partial charge >= 0.3 is 0 Å². The fourth-order valence-corrected chi connectivity index (χ4v) is 0.630. The molecular formula is C8H17N3. The molecule has 0 rings (SSSR count). The summed E-state index contributed by atoms with van der Waals surface area (Å²) in [7, 11) is 0. The molecule has 0 aliphatic carbocycles. The van der Waals surface area contributed by atoms with E-state index in [0.717, 1.165) is 6.54 Å². The largest absolute Gasteiger partial charge is 0.391 e. The summed E-state index contributed by atoms with van der Waals surface area (Å²) in [5, 5.41) is 3.11. The van der Waals surface area contributed by atoms with Crippen molar-refractivity contribution in [3.8, 4) is 0 Å². The third-order valence-electron chi connectivity index (χ3n) is 1.50. The maximum absolute atomic E-state index is 5.16. The van der Waals surface area contributed by atoms with Crippen LogP contribution in [0.25, 0.3) is 0 Å². The van der Waals surface area contributed by atoms with Crippen molar-refractivity contribution in [1.82, 2.24) is 5.32 Å². The Balaban J connectivity index is 3.89. The van der Waals surface area contributed by atoms with Gasteiger partial charge in [0.1, 0.15) is 0 Å². The van der Waals surface area contributed by atoms with E-state index < -0.39 is 0 Å². The second-order valence-electron chi connectivity index (χ2n) is 2.42. The van der Waals surface area contributed by atoms with Crippen molar-refractivity contribution in [3.05, 3.63) is 11.8 Å². The SMILES string of the molecule is CCN/C=C(\C)C(C)N=CN. The van der Waals surface area contributed by atoms with Gasteiger partial charge < -0.3 is 11.1 Å². The molecule has 11 heavy (non-hydrogen) atoms. The molecule has 1 unspecified atom stereocenters. The van der Waals surface area contributed by atoms with Crippen LogP contribution >= 0.6 is 0 Å². The van der Waals surface area contributed by atoms with Crippen LogP contribution in [0.15, 0.2) is 16.8 Å². The molecule has 0 heterocycles. The van der Waals surface area contributed by atoms with Crippen molar-refractivity contribution >= 4 is 6.34 Å². The monoisotopic (exact) mass is 155 g/mol. The number of hydrogen-bond acceptors (Lipinski definition) is 2. The van der Waals surface area contributed by atoms with E-state index in [2.05, 4.69) is 17.2 Å². The normalized spacial score (nSPS) is 15.4. The maximum Gasteiger partial charge on any atom is 0.0805 e. The highest BCUT2D eigenvalue weighted by atomic mass is 14.9. The molecule has 0 spiro atoms. The van der Waals surface area contributed by atoms with E-state index in [1.165, 1.54) is 11.9 Å². The van der Waals surface area contributed by atoms with Gasteiger partial charge in [-0.3, -0.25) is 4.99 Å². The molecule has 3 nitrogen and oxygen atoms in total. The molecule has 1 atom stereocenters. The van der Waals surface area contributed by atoms with E-state index >= 15 is 0 Å². The summed E-state index contributed by atoms with van der Waals surface area (Å²) in [6.07, 6.45) is 3.31. The molecule has 0 aromatic heterocycles. The van der Waals surface area contributed by atoms with Crippen LogP contribution in [0.3, 0.4) is 0 Å². The average molecular weight is 155 g/mol. The predicted octanol–water partition coefficient (Wildman–Crippen LogP) is 0.875. The summed E-state index contributed by atoms with van der Waals surface area (Å²) in [5.41, 5.74) is 6.35. The van der Waals surface area contributed by atoms with E-state index in [1.54, 1.807) is 0 Å². The topological polar surface area (TPSA) is 50.4 Å². The molecule has 0 aliphatic heterocycles. The summed E-state index contributed by atoms with van der Waals surface area (Å²) < 4.78 is 0. The lowest BCUT2D eigenvalue weighted by atomic mass is 10.2. The van der Waals surface area contributed by atoms with Gasteiger partial charge in [-0.25, -0.2) is 0 Å². The number of rotatable bonds is 4. The fraction of sp³-hybridized carbons (Fsp3) is 0.625. The Kier molecular flexibility index (Phi) is 5.25. The van der Waals surface area contributed by atoms with Crippen molar-refractivity contribution in [2.75, 3.05) is 6.54 Å².